The summed E-state index contributed by atoms with van der Waals surface area (Å²) in [6.07, 6.45) is 14.7. The molecule has 0 unspecified atom stereocenters. The number of fused-ring (bicyclic) bond motifs is 6. The van der Waals surface area contributed by atoms with Crippen molar-refractivity contribution in [1.29, 1.82) is 5.41 Å². The fourth-order valence-corrected chi connectivity index (χ4v) is 6.56. The third kappa shape index (κ3) is 13.8. The van der Waals surface area contributed by atoms with Crippen LogP contribution in [-0.4, -0.2) is 16.8 Å². The average molecular weight is 805 g/mol. The quantitative estimate of drug-likeness (QED) is 0.106. The minimum atomic E-state index is 0.473. The van der Waals surface area contributed by atoms with Gasteiger partial charge >= 0.3 is 0 Å². The first-order chi connectivity index (χ1) is 29.9. The fourth-order valence-electron chi connectivity index (χ4n) is 6.56. The van der Waals surface area contributed by atoms with E-state index in [1.807, 2.05) is 108 Å². The molecule has 4 heteroatoms. The van der Waals surface area contributed by atoms with E-state index in [1.54, 1.807) is 6.08 Å². The van der Waals surface area contributed by atoms with Crippen LogP contribution in [0.1, 0.15) is 52.7 Å². The zero-order valence-corrected chi connectivity index (χ0v) is 37.0. The smallest absolute Gasteiger partial charge is 0.0606 e. The first-order valence-electron chi connectivity index (χ1n) is 21.1. The van der Waals surface area contributed by atoms with Crippen LogP contribution in [0.2, 0.25) is 0 Å². The number of hydrogen-bond acceptors (Lipinski definition) is 3. The van der Waals surface area contributed by atoms with Gasteiger partial charge in [0.25, 0.3) is 0 Å². The molecule has 0 aliphatic carbocycles. The molecule has 0 saturated heterocycles. The van der Waals surface area contributed by atoms with Gasteiger partial charge in [0, 0.05) is 40.8 Å². The van der Waals surface area contributed by atoms with Gasteiger partial charge in [0.15, 0.2) is 0 Å². The van der Waals surface area contributed by atoms with E-state index in [-0.39, 0.29) is 0 Å². The molecule has 7 aromatic rings. The summed E-state index contributed by atoms with van der Waals surface area (Å²) in [5, 5.41) is 13.5. The van der Waals surface area contributed by atoms with Gasteiger partial charge in [-0.05, 0) is 84.1 Å². The van der Waals surface area contributed by atoms with Crippen LogP contribution in [0.15, 0.2) is 220 Å². The van der Waals surface area contributed by atoms with Gasteiger partial charge in [0.05, 0.1) is 16.7 Å². The third-order valence-corrected chi connectivity index (χ3v) is 9.19. The lowest BCUT2D eigenvalue weighted by Gasteiger charge is -2.22. The van der Waals surface area contributed by atoms with Crippen molar-refractivity contribution in [3.8, 4) is 27.9 Å². The molecule has 0 fully saturated rings. The van der Waals surface area contributed by atoms with E-state index in [9.17, 15) is 0 Å². The summed E-state index contributed by atoms with van der Waals surface area (Å²) in [4.78, 5) is 0. The zero-order valence-electron chi connectivity index (χ0n) is 37.0. The molecule has 8 rings (SSSR count). The van der Waals surface area contributed by atoms with Crippen molar-refractivity contribution in [2.45, 2.75) is 48.1 Å². The molecule has 0 radical (unpaired) electrons. The van der Waals surface area contributed by atoms with Gasteiger partial charge in [-0.15, -0.1) is 0 Å². The highest BCUT2D eigenvalue weighted by atomic mass is 15.0. The van der Waals surface area contributed by atoms with Crippen LogP contribution in [0.25, 0.3) is 49.7 Å². The van der Waals surface area contributed by atoms with Crippen molar-refractivity contribution in [2.24, 2.45) is 5.73 Å². The molecule has 4 N–H and O–H groups in total. The van der Waals surface area contributed by atoms with Gasteiger partial charge in [0.2, 0.25) is 0 Å². The first kappa shape index (κ1) is 48.4. The van der Waals surface area contributed by atoms with Gasteiger partial charge in [-0.1, -0.05) is 205 Å². The molecular formula is C57H64N4. The van der Waals surface area contributed by atoms with Crippen LogP contribution in [0.4, 0.5) is 5.69 Å². The Kier molecular flexibility index (Phi) is 21.3. The summed E-state index contributed by atoms with van der Waals surface area (Å²) in [7, 11) is 0. The third-order valence-electron chi connectivity index (χ3n) is 9.19. The molecule has 1 aromatic heterocycles. The van der Waals surface area contributed by atoms with Gasteiger partial charge in [-0.25, -0.2) is 0 Å². The maximum atomic E-state index is 7.36. The number of allylic oxidation sites excluding steroid dienone is 8. The van der Waals surface area contributed by atoms with Crippen LogP contribution in [0.5, 0.6) is 0 Å². The van der Waals surface area contributed by atoms with Crippen molar-refractivity contribution in [3.63, 3.8) is 0 Å². The molecule has 4 nitrogen and oxygen atoms in total. The van der Waals surface area contributed by atoms with Crippen LogP contribution >= 0.6 is 0 Å². The van der Waals surface area contributed by atoms with E-state index >= 15 is 0 Å². The second-order valence-corrected chi connectivity index (χ2v) is 13.3. The fraction of sp³-hybridized carbons (Fsp3) is 0.140. The average Bonchev–Trinajstić information content (AvgIpc) is 3.66. The van der Waals surface area contributed by atoms with Crippen molar-refractivity contribution in [3.05, 3.63) is 231 Å². The van der Waals surface area contributed by atoms with Crippen LogP contribution in [0.3, 0.4) is 0 Å². The second-order valence-electron chi connectivity index (χ2n) is 13.3. The van der Waals surface area contributed by atoms with Crippen LogP contribution < -0.4 is 11.1 Å². The number of benzene rings is 6. The Morgan fingerprint density at radius 1 is 0.689 bits per heavy atom. The molecule has 0 amide bonds. The Bertz CT molecular complexity index is 2530. The van der Waals surface area contributed by atoms with Gasteiger partial charge in [-0.3, -0.25) is 0 Å². The molecule has 0 bridgehead atoms. The van der Waals surface area contributed by atoms with E-state index in [4.69, 9.17) is 11.1 Å². The molecule has 1 aliphatic heterocycles. The Morgan fingerprint density at radius 2 is 1.30 bits per heavy atom. The Labute approximate surface area is 366 Å². The van der Waals surface area contributed by atoms with E-state index in [0.29, 0.717) is 12.3 Å². The van der Waals surface area contributed by atoms with E-state index in [2.05, 4.69) is 145 Å². The molecule has 0 spiro atoms. The van der Waals surface area contributed by atoms with Crippen molar-refractivity contribution in [2.75, 3.05) is 11.9 Å². The number of rotatable bonds is 8. The molecule has 0 atom stereocenters. The SMILES string of the molecule is C=C(C)/C=C\C.C=C/C=C\C=C\CN.C=CC(=N)c1ccccc1.CC.CC.c1ccc(-n2c3ccccc3c3cc(-c4ccc5c(c4)NCc4ccccc4-5)ccc32)cc1. The second kappa shape index (κ2) is 26.9. The van der Waals surface area contributed by atoms with Gasteiger partial charge < -0.3 is 21.0 Å². The molecule has 1 aliphatic rings. The number of nitrogens with one attached hydrogen (secondary N) is 2. The summed E-state index contributed by atoms with van der Waals surface area (Å²) < 4.78 is 2.36. The zero-order chi connectivity index (χ0) is 44.4. The van der Waals surface area contributed by atoms with Crippen LogP contribution in [0, 0.1) is 5.41 Å². The minimum Gasteiger partial charge on any atom is -0.380 e. The number of aromatic nitrogens is 1. The van der Waals surface area contributed by atoms with Crippen molar-refractivity contribution < 1.29 is 0 Å². The Morgan fingerprint density at radius 3 is 1.93 bits per heavy atom. The minimum absolute atomic E-state index is 0.473. The summed E-state index contributed by atoms with van der Waals surface area (Å²) in [6.45, 7) is 24.1. The lowest BCUT2D eigenvalue weighted by molar-refractivity contribution is 1.13. The normalized spacial score (nSPS) is 10.7. The number of hydrogen-bond donors (Lipinski definition) is 3. The van der Waals surface area contributed by atoms with Crippen LogP contribution in [-0.2, 0) is 6.54 Å². The number of nitrogens with two attached hydrogens (primary N) is 1. The molecular weight excluding hydrogens is 741 g/mol. The topological polar surface area (TPSA) is 66.8 Å². The number of para-hydroxylation sites is 2. The van der Waals surface area contributed by atoms with E-state index in [1.165, 1.54) is 67.1 Å². The predicted octanol–water partition coefficient (Wildman–Crippen LogP) is 15.7. The summed E-state index contributed by atoms with van der Waals surface area (Å²) in [5.74, 6) is 0. The molecule has 6 aromatic carbocycles. The number of nitrogens with zero attached hydrogens (tertiary/aromatic N) is 1. The van der Waals surface area contributed by atoms with Crippen molar-refractivity contribution in [1.82, 2.24) is 4.57 Å². The lowest BCUT2D eigenvalue weighted by atomic mass is 9.92. The Balaban J connectivity index is 0.000000291. The molecule has 0 saturated carbocycles. The monoisotopic (exact) mass is 805 g/mol. The molecule has 61 heavy (non-hydrogen) atoms. The predicted molar refractivity (Wildman–Crippen MR) is 272 cm³/mol. The van der Waals surface area contributed by atoms with E-state index in [0.717, 1.165) is 17.7 Å². The first-order valence-corrected chi connectivity index (χ1v) is 21.1. The largest absolute Gasteiger partial charge is 0.380 e. The maximum absolute atomic E-state index is 7.36. The lowest BCUT2D eigenvalue weighted by Crippen LogP contribution is -2.08. The summed E-state index contributed by atoms with van der Waals surface area (Å²) in [6, 6.07) is 51.2. The molecule has 2 heterocycles. The van der Waals surface area contributed by atoms with Gasteiger partial charge in [-0.2, -0.15) is 0 Å². The highest BCUT2D eigenvalue weighted by Crippen LogP contribution is 2.40. The van der Waals surface area contributed by atoms with Crippen molar-refractivity contribution >= 4 is 33.2 Å². The Hall–Kier alpha value is -7.01. The highest BCUT2D eigenvalue weighted by Gasteiger charge is 2.17. The number of anilines is 1. The standard InChI is InChI=1S/C31H22N2.C9H9N.C7H11N.C6H10.2C2H6/c1-2-9-24(10-3-1)33-30-13-7-6-12-27(30)28-18-21(15-17-31(28)33)22-14-16-26-25-11-5-4-8-23(25)20-32-29(26)19-22;1-2-9(10)8-6-4-3-5-7-8;1-2-3-4-5-6-7-8;1-4-5-6(2)3;2*1-2/h1-19,32H,20H2;2-7,10H,1H2;2-6H,1,7-8H2;4-5H,2H2,1,3H3;2*1-2H3/b;;4-3-,6-5+;5-4-;;. The molecule has 312 valence electrons. The maximum Gasteiger partial charge on any atom is 0.0606 e. The highest BCUT2D eigenvalue weighted by molar-refractivity contribution is 6.10. The van der Waals surface area contributed by atoms with Gasteiger partial charge in [0.1, 0.15) is 0 Å². The summed E-state index contributed by atoms with van der Waals surface area (Å²) in [5.41, 5.74) is 19.0. The van der Waals surface area contributed by atoms with E-state index < -0.39 is 0 Å². The summed E-state index contributed by atoms with van der Waals surface area (Å²) >= 11 is 0.